The highest BCUT2D eigenvalue weighted by atomic mass is 19.4. The molecular formula is C29H27F3N2. The van der Waals surface area contributed by atoms with Crippen LogP contribution < -0.4 is 0 Å². The van der Waals surface area contributed by atoms with Crippen molar-refractivity contribution in [2.24, 2.45) is 5.41 Å². The van der Waals surface area contributed by atoms with Crippen molar-refractivity contribution in [2.75, 3.05) is 0 Å². The van der Waals surface area contributed by atoms with Gasteiger partial charge in [0.1, 0.15) is 5.65 Å². The zero-order chi connectivity index (χ0) is 24.4. The number of alkyl halides is 3. The Labute approximate surface area is 197 Å². The molecule has 0 atom stereocenters. The lowest BCUT2D eigenvalue weighted by molar-refractivity contribution is -0.137. The predicted octanol–water partition coefficient (Wildman–Crippen LogP) is 8.53. The summed E-state index contributed by atoms with van der Waals surface area (Å²) in [6.45, 7) is 10.6. The van der Waals surface area contributed by atoms with E-state index in [0.29, 0.717) is 16.4 Å². The van der Waals surface area contributed by atoms with Gasteiger partial charge in [-0.05, 0) is 72.0 Å². The molecule has 3 aromatic carbocycles. The maximum Gasteiger partial charge on any atom is 0.416 e. The number of aromatic nitrogens is 2. The summed E-state index contributed by atoms with van der Waals surface area (Å²) in [6.07, 6.45) is -1.74. The molecule has 0 saturated heterocycles. The topological polar surface area (TPSA) is 17.3 Å². The minimum atomic E-state index is -4.41. The van der Waals surface area contributed by atoms with Crippen LogP contribution in [0.15, 0.2) is 60.8 Å². The molecule has 0 fully saturated rings. The summed E-state index contributed by atoms with van der Waals surface area (Å²) in [4.78, 5) is 4.71. The van der Waals surface area contributed by atoms with Crippen LogP contribution in [0.5, 0.6) is 0 Å². The quantitative estimate of drug-likeness (QED) is 0.241. The minimum absolute atomic E-state index is 0.0587. The first kappa shape index (κ1) is 22.5. The maximum atomic E-state index is 13.6. The number of benzene rings is 3. The highest BCUT2D eigenvalue weighted by molar-refractivity contribution is 6.12. The zero-order valence-electron chi connectivity index (χ0n) is 20.0. The lowest BCUT2D eigenvalue weighted by Crippen LogP contribution is -2.09. The predicted molar refractivity (Wildman–Crippen MR) is 133 cm³/mol. The summed E-state index contributed by atoms with van der Waals surface area (Å²) in [5.74, 6) is 0. The molecule has 0 aliphatic carbocycles. The average Bonchev–Trinajstić information content (AvgIpc) is 3.16. The Kier molecular flexibility index (Phi) is 5.01. The Morgan fingerprint density at radius 3 is 2.18 bits per heavy atom. The van der Waals surface area contributed by atoms with Gasteiger partial charge in [0.15, 0.2) is 0 Å². The van der Waals surface area contributed by atoms with E-state index in [-0.39, 0.29) is 5.41 Å². The number of imidazole rings is 1. The molecule has 0 amide bonds. The fraction of sp³-hybridized carbons (Fsp3) is 0.276. The second-order valence-corrected chi connectivity index (χ2v) is 10.4. The van der Waals surface area contributed by atoms with Crippen LogP contribution in [0.4, 0.5) is 13.2 Å². The molecule has 174 valence electrons. The molecule has 5 heteroatoms. The van der Waals surface area contributed by atoms with Gasteiger partial charge in [-0.3, -0.25) is 4.40 Å². The second kappa shape index (κ2) is 7.59. The fourth-order valence-electron chi connectivity index (χ4n) is 5.04. The number of halogens is 3. The summed E-state index contributed by atoms with van der Waals surface area (Å²) in [6, 6.07) is 16.3. The molecule has 5 rings (SSSR count). The first-order chi connectivity index (χ1) is 15.9. The van der Waals surface area contributed by atoms with E-state index >= 15 is 0 Å². The zero-order valence-corrected chi connectivity index (χ0v) is 20.0. The van der Waals surface area contributed by atoms with Crippen molar-refractivity contribution in [2.45, 2.75) is 47.2 Å². The second-order valence-electron chi connectivity index (χ2n) is 10.4. The standard InChI is InChI=1S/C29H27F3N2/c1-17-7-6-8-18(2)26(17)25-16-33-27-21-11-10-20(29(30,31)32)14-22(21)23-13-19(15-28(3,4)5)9-12-24(23)34(25)27/h6-14,16H,15H2,1-5H3. The van der Waals surface area contributed by atoms with Crippen molar-refractivity contribution >= 4 is 27.3 Å². The van der Waals surface area contributed by atoms with Gasteiger partial charge in [0.25, 0.3) is 0 Å². The van der Waals surface area contributed by atoms with Gasteiger partial charge in [0, 0.05) is 16.3 Å². The van der Waals surface area contributed by atoms with E-state index < -0.39 is 11.7 Å². The van der Waals surface area contributed by atoms with Crippen molar-refractivity contribution in [1.29, 1.82) is 0 Å². The molecule has 0 saturated carbocycles. The van der Waals surface area contributed by atoms with Gasteiger partial charge >= 0.3 is 6.18 Å². The van der Waals surface area contributed by atoms with Gasteiger partial charge in [-0.1, -0.05) is 51.1 Å². The summed E-state index contributed by atoms with van der Waals surface area (Å²) in [5.41, 5.74) is 6.34. The number of rotatable bonds is 2. The van der Waals surface area contributed by atoms with E-state index in [2.05, 4.69) is 63.3 Å². The van der Waals surface area contributed by atoms with Crippen LogP contribution in [0.1, 0.15) is 43.0 Å². The van der Waals surface area contributed by atoms with E-state index in [4.69, 9.17) is 4.98 Å². The summed E-state index contributed by atoms with van der Waals surface area (Å²) in [5, 5.41) is 2.10. The van der Waals surface area contributed by atoms with Crippen molar-refractivity contribution in [3.05, 3.63) is 83.0 Å². The van der Waals surface area contributed by atoms with Crippen LogP contribution in [0.2, 0.25) is 0 Å². The maximum absolute atomic E-state index is 13.6. The van der Waals surface area contributed by atoms with Crippen LogP contribution in [-0.2, 0) is 12.6 Å². The molecule has 2 heterocycles. The number of hydrogen-bond donors (Lipinski definition) is 0. The average molecular weight is 461 g/mol. The van der Waals surface area contributed by atoms with E-state index in [1.165, 1.54) is 6.07 Å². The lowest BCUT2D eigenvalue weighted by atomic mass is 9.87. The number of fused-ring (bicyclic) bond motifs is 6. The summed E-state index contributed by atoms with van der Waals surface area (Å²) < 4.78 is 43.0. The first-order valence-electron chi connectivity index (χ1n) is 11.4. The third kappa shape index (κ3) is 3.73. The molecular weight excluding hydrogens is 433 g/mol. The van der Waals surface area contributed by atoms with Gasteiger partial charge in [0.05, 0.1) is 23.0 Å². The van der Waals surface area contributed by atoms with Gasteiger partial charge in [-0.2, -0.15) is 13.2 Å². The lowest BCUT2D eigenvalue weighted by Gasteiger charge is -2.19. The molecule has 0 N–H and O–H groups in total. The van der Waals surface area contributed by atoms with Crippen LogP contribution in [0.3, 0.4) is 0 Å². The molecule has 0 spiro atoms. The van der Waals surface area contributed by atoms with Crippen molar-refractivity contribution in [3.8, 4) is 11.3 Å². The van der Waals surface area contributed by atoms with E-state index in [1.807, 2.05) is 18.3 Å². The first-order valence-corrected chi connectivity index (χ1v) is 11.4. The molecule has 34 heavy (non-hydrogen) atoms. The van der Waals surface area contributed by atoms with Crippen LogP contribution in [0, 0.1) is 19.3 Å². The van der Waals surface area contributed by atoms with Crippen LogP contribution in [-0.4, -0.2) is 9.38 Å². The van der Waals surface area contributed by atoms with Crippen LogP contribution >= 0.6 is 0 Å². The Hall–Kier alpha value is -3.34. The van der Waals surface area contributed by atoms with Crippen molar-refractivity contribution in [1.82, 2.24) is 9.38 Å². The third-order valence-corrected chi connectivity index (χ3v) is 6.41. The smallest absolute Gasteiger partial charge is 0.292 e. The van der Waals surface area contributed by atoms with Crippen molar-refractivity contribution < 1.29 is 13.2 Å². The van der Waals surface area contributed by atoms with E-state index in [0.717, 1.165) is 51.3 Å². The largest absolute Gasteiger partial charge is 0.416 e. The molecule has 5 aromatic rings. The third-order valence-electron chi connectivity index (χ3n) is 6.41. The fourth-order valence-corrected chi connectivity index (χ4v) is 5.04. The van der Waals surface area contributed by atoms with E-state index in [1.54, 1.807) is 6.07 Å². The number of pyridine rings is 1. The molecule has 0 radical (unpaired) electrons. The SMILES string of the molecule is Cc1cccc(C)c1-c1cnc2c3ccc(C(F)(F)F)cc3c3cc(CC(C)(C)C)ccc3n12. The normalized spacial score (nSPS) is 12.8. The molecule has 0 aliphatic heterocycles. The Bertz CT molecular complexity index is 1550. The Morgan fingerprint density at radius 1 is 0.824 bits per heavy atom. The van der Waals surface area contributed by atoms with Crippen molar-refractivity contribution in [3.63, 3.8) is 0 Å². The number of aryl methyl sites for hydroxylation is 2. The molecule has 2 aromatic heterocycles. The highest BCUT2D eigenvalue weighted by Gasteiger charge is 2.31. The summed E-state index contributed by atoms with van der Waals surface area (Å²) in [7, 11) is 0. The molecule has 0 bridgehead atoms. The monoisotopic (exact) mass is 460 g/mol. The highest BCUT2D eigenvalue weighted by Crippen LogP contribution is 2.39. The van der Waals surface area contributed by atoms with Gasteiger partial charge in [0.2, 0.25) is 0 Å². The minimum Gasteiger partial charge on any atom is -0.292 e. The van der Waals surface area contributed by atoms with Gasteiger partial charge in [-0.15, -0.1) is 0 Å². The Balaban J connectivity index is 1.93. The van der Waals surface area contributed by atoms with Crippen LogP contribution in [0.25, 0.3) is 38.6 Å². The molecule has 0 unspecified atom stereocenters. The van der Waals surface area contributed by atoms with Gasteiger partial charge < -0.3 is 0 Å². The number of nitrogens with zero attached hydrogens (tertiary/aromatic N) is 2. The summed E-state index contributed by atoms with van der Waals surface area (Å²) >= 11 is 0. The Morgan fingerprint density at radius 2 is 1.53 bits per heavy atom. The number of hydrogen-bond acceptors (Lipinski definition) is 1. The molecule has 0 aliphatic rings. The van der Waals surface area contributed by atoms with E-state index in [9.17, 15) is 13.2 Å². The van der Waals surface area contributed by atoms with Gasteiger partial charge in [-0.25, -0.2) is 4.98 Å². The molecule has 2 nitrogen and oxygen atoms in total.